The highest BCUT2D eigenvalue weighted by Gasteiger charge is 2.00. The standard InChI is InChI=1S/C7H6BrFN2O/c8-6-2-1-5(3-10-4-12)11-7(6)9/h1-2,4H,3H2,(H,10,12). The number of hydrogen-bond donors (Lipinski definition) is 1. The first kappa shape index (κ1) is 9.12. The van der Waals surface area contributed by atoms with Crippen LogP contribution in [-0.4, -0.2) is 11.4 Å². The van der Waals surface area contributed by atoms with E-state index >= 15 is 0 Å². The van der Waals surface area contributed by atoms with Crippen LogP contribution in [0, 0.1) is 5.95 Å². The van der Waals surface area contributed by atoms with Gasteiger partial charge in [0.05, 0.1) is 16.7 Å². The number of rotatable bonds is 3. The molecule has 3 nitrogen and oxygen atoms in total. The van der Waals surface area contributed by atoms with E-state index in [0.29, 0.717) is 16.6 Å². The smallest absolute Gasteiger partial charge is 0.227 e. The summed E-state index contributed by atoms with van der Waals surface area (Å²) < 4.78 is 13.0. The zero-order valence-electron chi connectivity index (χ0n) is 6.05. The first-order valence-electron chi connectivity index (χ1n) is 3.22. The van der Waals surface area contributed by atoms with E-state index in [0.717, 1.165) is 0 Å². The second kappa shape index (κ2) is 4.15. The van der Waals surface area contributed by atoms with E-state index in [-0.39, 0.29) is 6.54 Å². The van der Waals surface area contributed by atoms with Gasteiger partial charge in [-0.05, 0) is 28.1 Å². The Morgan fingerprint density at radius 1 is 1.67 bits per heavy atom. The van der Waals surface area contributed by atoms with Gasteiger partial charge in [-0.15, -0.1) is 0 Å². The molecule has 1 amide bonds. The first-order valence-corrected chi connectivity index (χ1v) is 4.01. The average Bonchev–Trinajstić information content (AvgIpc) is 2.07. The summed E-state index contributed by atoms with van der Waals surface area (Å²) in [6.45, 7) is 0.244. The van der Waals surface area contributed by atoms with Crippen LogP contribution in [0.25, 0.3) is 0 Å². The molecule has 0 radical (unpaired) electrons. The predicted molar refractivity (Wildman–Crippen MR) is 44.8 cm³/mol. The molecule has 0 fully saturated rings. The molecule has 0 aliphatic heterocycles. The Bertz CT molecular complexity index is 293. The lowest BCUT2D eigenvalue weighted by Crippen LogP contribution is -2.11. The molecular formula is C7H6BrFN2O. The lowest BCUT2D eigenvalue weighted by atomic mass is 10.3. The van der Waals surface area contributed by atoms with Crippen LogP contribution in [0.2, 0.25) is 0 Å². The molecule has 0 aromatic carbocycles. The van der Waals surface area contributed by atoms with Crippen molar-refractivity contribution in [2.75, 3.05) is 0 Å². The van der Waals surface area contributed by atoms with Crippen LogP contribution in [0.5, 0.6) is 0 Å². The Balaban J connectivity index is 2.75. The fraction of sp³-hybridized carbons (Fsp3) is 0.143. The van der Waals surface area contributed by atoms with Crippen LogP contribution in [0.3, 0.4) is 0 Å². The minimum Gasteiger partial charge on any atom is -0.353 e. The maximum Gasteiger partial charge on any atom is 0.227 e. The normalized spacial score (nSPS) is 9.50. The second-order valence-corrected chi connectivity index (χ2v) is 2.93. The molecule has 1 aromatic rings. The predicted octanol–water partition coefficient (Wildman–Crippen LogP) is 1.23. The number of carbonyl (C=O) groups excluding carboxylic acids is 1. The number of hydrogen-bond acceptors (Lipinski definition) is 2. The monoisotopic (exact) mass is 232 g/mol. The van der Waals surface area contributed by atoms with Crippen molar-refractivity contribution in [1.82, 2.24) is 10.3 Å². The molecule has 0 saturated carbocycles. The van der Waals surface area contributed by atoms with Gasteiger partial charge < -0.3 is 5.32 Å². The Hall–Kier alpha value is -0.970. The summed E-state index contributed by atoms with van der Waals surface area (Å²) in [5, 5.41) is 2.39. The Kier molecular flexibility index (Phi) is 3.16. The maximum absolute atomic E-state index is 12.7. The summed E-state index contributed by atoms with van der Waals surface area (Å²) in [6, 6.07) is 3.17. The zero-order valence-corrected chi connectivity index (χ0v) is 7.64. The molecule has 1 heterocycles. The van der Waals surface area contributed by atoms with Crippen molar-refractivity contribution in [2.24, 2.45) is 0 Å². The van der Waals surface area contributed by atoms with Crippen molar-refractivity contribution in [1.29, 1.82) is 0 Å². The number of nitrogens with one attached hydrogen (secondary N) is 1. The molecule has 0 spiro atoms. The van der Waals surface area contributed by atoms with Gasteiger partial charge in [-0.3, -0.25) is 4.79 Å². The molecule has 12 heavy (non-hydrogen) atoms. The first-order chi connectivity index (χ1) is 5.74. The molecule has 1 N–H and O–H groups in total. The van der Waals surface area contributed by atoms with E-state index in [9.17, 15) is 9.18 Å². The molecule has 64 valence electrons. The molecule has 0 unspecified atom stereocenters. The average molecular weight is 233 g/mol. The Morgan fingerprint density at radius 3 is 3.00 bits per heavy atom. The van der Waals surface area contributed by atoms with Crippen molar-refractivity contribution in [3.63, 3.8) is 0 Å². The number of amides is 1. The molecule has 5 heteroatoms. The highest BCUT2D eigenvalue weighted by Crippen LogP contribution is 2.12. The summed E-state index contributed by atoms with van der Waals surface area (Å²) in [7, 11) is 0. The summed E-state index contributed by atoms with van der Waals surface area (Å²) in [5.41, 5.74) is 0.489. The van der Waals surface area contributed by atoms with Gasteiger partial charge in [0.15, 0.2) is 0 Å². The topological polar surface area (TPSA) is 42.0 Å². The Labute approximate surface area is 77.1 Å². The van der Waals surface area contributed by atoms with Crippen LogP contribution in [0.15, 0.2) is 16.6 Å². The van der Waals surface area contributed by atoms with E-state index in [1.54, 1.807) is 12.1 Å². The molecular weight excluding hydrogens is 227 g/mol. The molecule has 0 saturated heterocycles. The third kappa shape index (κ3) is 2.27. The van der Waals surface area contributed by atoms with E-state index < -0.39 is 5.95 Å². The number of carbonyl (C=O) groups is 1. The summed E-state index contributed by atoms with van der Waals surface area (Å²) in [4.78, 5) is 13.5. The summed E-state index contributed by atoms with van der Waals surface area (Å²) >= 11 is 2.97. The van der Waals surface area contributed by atoms with E-state index in [1.807, 2.05) is 0 Å². The highest BCUT2D eigenvalue weighted by atomic mass is 79.9. The van der Waals surface area contributed by atoms with Crippen LogP contribution >= 0.6 is 15.9 Å². The fourth-order valence-electron chi connectivity index (χ4n) is 0.700. The number of pyridine rings is 1. The van der Waals surface area contributed by atoms with Gasteiger partial charge >= 0.3 is 0 Å². The van der Waals surface area contributed by atoms with Gasteiger partial charge in [0.2, 0.25) is 12.4 Å². The third-order valence-corrected chi connectivity index (χ3v) is 1.82. The second-order valence-electron chi connectivity index (χ2n) is 2.07. The molecule has 0 atom stereocenters. The molecule has 0 bridgehead atoms. The SMILES string of the molecule is O=CNCc1ccc(Br)c(F)n1. The van der Waals surface area contributed by atoms with Gasteiger partial charge in [-0.25, -0.2) is 4.98 Å². The van der Waals surface area contributed by atoms with Crippen molar-refractivity contribution in [3.05, 3.63) is 28.2 Å². The minimum atomic E-state index is -0.569. The van der Waals surface area contributed by atoms with Gasteiger partial charge in [0, 0.05) is 0 Å². The van der Waals surface area contributed by atoms with Crippen LogP contribution < -0.4 is 5.32 Å². The van der Waals surface area contributed by atoms with Gasteiger partial charge in [-0.2, -0.15) is 4.39 Å². The number of halogens is 2. The lowest BCUT2D eigenvalue weighted by Gasteiger charge is -1.99. The molecule has 1 rings (SSSR count). The summed E-state index contributed by atoms with van der Waals surface area (Å²) in [5.74, 6) is -0.569. The Morgan fingerprint density at radius 2 is 2.42 bits per heavy atom. The summed E-state index contributed by atoms with van der Waals surface area (Å²) in [6.07, 6.45) is 0.543. The lowest BCUT2D eigenvalue weighted by molar-refractivity contribution is -0.109. The van der Waals surface area contributed by atoms with Crippen molar-refractivity contribution < 1.29 is 9.18 Å². The van der Waals surface area contributed by atoms with Gasteiger partial charge in [0.1, 0.15) is 0 Å². The van der Waals surface area contributed by atoms with Crippen molar-refractivity contribution in [3.8, 4) is 0 Å². The zero-order chi connectivity index (χ0) is 8.97. The van der Waals surface area contributed by atoms with Gasteiger partial charge in [-0.1, -0.05) is 0 Å². The van der Waals surface area contributed by atoms with Crippen molar-refractivity contribution >= 4 is 22.3 Å². The number of aromatic nitrogens is 1. The molecule has 0 aliphatic rings. The quantitative estimate of drug-likeness (QED) is 0.630. The van der Waals surface area contributed by atoms with Crippen molar-refractivity contribution in [2.45, 2.75) is 6.54 Å². The van der Waals surface area contributed by atoms with Crippen LogP contribution in [0.1, 0.15) is 5.69 Å². The minimum absolute atomic E-state index is 0.244. The van der Waals surface area contributed by atoms with E-state index in [2.05, 4.69) is 26.2 Å². The largest absolute Gasteiger partial charge is 0.353 e. The van der Waals surface area contributed by atoms with Crippen LogP contribution in [-0.2, 0) is 11.3 Å². The third-order valence-electron chi connectivity index (χ3n) is 1.23. The molecule has 1 aromatic heterocycles. The maximum atomic E-state index is 12.7. The fourth-order valence-corrected chi connectivity index (χ4v) is 0.920. The number of nitrogens with zero attached hydrogens (tertiary/aromatic N) is 1. The van der Waals surface area contributed by atoms with E-state index in [4.69, 9.17) is 0 Å². The highest BCUT2D eigenvalue weighted by molar-refractivity contribution is 9.10. The molecule has 0 aliphatic carbocycles. The van der Waals surface area contributed by atoms with Crippen LogP contribution in [0.4, 0.5) is 4.39 Å². The van der Waals surface area contributed by atoms with E-state index in [1.165, 1.54) is 0 Å². The van der Waals surface area contributed by atoms with Gasteiger partial charge in [0.25, 0.3) is 0 Å².